The van der Waals surface area contributed by atoms with E-state index >= 15 is 0 Å². The van der Waals surface area contributed by atoms with Crippen LogP contribution in [0.4, 0.5) is 5.69 Å². The van der Waals surface area contributed by atoms with Crippen LogP contribution in [0.2, 0.25) is 10.0 Å². The second-order valence-electron chi connectivity index (χ2n) is 10.4. The molecule has 0 aliphatic carbocycles. The van der Waals surface area contributed by atoms with Crippen LogP contribution in [0.25, 0.3) is 0 Å². The molecule has 0 aliphatic heterocycles. The van der Waals surface area contributed by atoms with E-state index in [1.165, 1.54) is 50.4 Å². The van der Waals surface area contributed by atoms with E-state index in [9.17, 15) is 18.0 Å². The summed E-state index contributed by atoms with van der Waals surface area (Å²) in [6.45, 7) is 1.11. The highest BCUT2D eigenvalue weighted by molar-refractivity contribution is 7.92. The lowest BCUT2D eigenvalue weighted by Gasteiger charge is -2.34. The summed E-state index contributed by atoms with van der Waals surface area (Å²) in [5.41, 5.74) is 2.37. The third-order valence-corrected chi connectivity index (χ3v) is 9.79. The topological polar surface area (TPSA) is 105 Å². The number of likely N-dealkylation sites (N-methyl/N-ethyl adjacent to an activating group) is 1. The first-order chi connectivity index (χ1) is 22.0. The average Bonchev–Trinajstić information content (AvgIpc) is 3.05. The number of benzene rings is 4. The third-order valence-electron chi connectivity index (χ3n) is 7.42. The number of rotatable bonds is 13. The summed E-state index contributed by atoms with van der Waals surface area (Å²) in [5, 5.41) is 3.36. The zero-order valence-corrected chi connectivity index (χ0v) is 28.2. The van der Waals surface area contributed by atoms with Gasteiger partial charge in [-0.05, 0) is 54.4 Å². The Balaban J connectivity index is 1.84. The molecular weight excluding hydrogens is 649 g/mol. The van der Waals surface area contributed by atoms with Crippen LogP contribution in [-0.4, -0.2) is 59.0 Å². The highest BCUT2D eigenvalue weighted by Gasteiger charge is 2.35. The number of anilines is 1. The van der Waals surface area contributed by atoms with Crippen LogP contribution in [-0.2, 0) is 32.6 Å². The van der Waals surface area contributed by atoms with E-state index in [1.54, 1.807) is 36.4 Å². The Hall–Kier alpha value is -4.25. The summed E-state index contributed by atoms with van der Waals surface area (Å²) in [5.74, 6) is -0.414. The minimum absolute atomic E-state index is 0.0138. The number of hydrogen-bond acceptors (Lipinski definition) is 6. The third kappa shape index (κ3) is 8.12. The molecule has 0 saturated heterocycles. The van der Waals surface area contributed by atoms with Gasteiger partial charge in [0, 0.05) is 36.1 Å². The highest BCUT2D eigenvalue weighted by Crippen LogP contribution is 2.34. The lowest BCUT2D eigenvalue weighted by molar-refractivity contribution is -0.139. The quantitative estimate of drug-likeness (QED) is 0.188. The number of hydrogen-bond donors (Lipinski definition) is 1. The first kappa shape index (κ1) is 34.6. The van der Waals surface area contributed by atoms with Gasteiger partial charge in [-0.1, -0.05) is 77.3 Å². The Morgan fingerprint density at radius 3 is 2.15 bits per heavy atom. The summed E-state index contributed by atoms with van der Waals surface area (Å²) in [7, 11) is 0.0834. The van der Waals surface area contributed by atoms with E-state index < -0.39 is 34.4 Å². The molecule has 0 heterocycles. The summed E-state index contributed by atoms with van der Waals surface area (Å²) < 4.78 is 40.3. The number of aryl methyl sites for hydroxylation is 1. The first-order valence-electron chi connectivity index (χ1n) is 14.3. The van der Waals surface area contributed by atoms with Gasteiger partial charge in [0.15, 0.2) is 11.5 Å². The predicted molar refractivity (Wildman–Crippen MR) is 180 cm³/mol. The standard InChI is InChI=1S/C34H35Cl2N3O6S/c1-23-10-15-28(16-11-23)46(42,43)39(27-14-17-31(44-3)32(20-27)45-4)22-33(40)38(21-25-12-13-26(35)19-29(25)36)30(34(41)37-2)18-24-8-6-5-7-9-24/h5-17,19-20,30H,18,21-22H2,1-4H3,(H,37,41)/t30-/m0/s1. The van der Waals surface area contributed by atoms with Crippen LogP contribution < -0.4 is 19.1 Å². The molecule has 9 nitrogen and oxygen atoms in total. The Kier molecular flexibility index (Phi) is 11.6. The van der Waals surface area contributed by atoms with E-state index in [0.29, 0.717) is 21.4 Å². The molecule has 0 aromatic heterocycles. The minimum atomic E-state index is -4.30. The van der Waals surface area contributed by atoms with E-state index in [4.69, 9.17) is 32.7 Å². The van der Waals surface area contributed by atoms with Crippen molar-refractivity contribution >= 4 is 50.7 Å². The van der Waals surface area contributed by atoms with Gasteiger partial charge in [-0.25, -0.2) is 8.42 Å². The van der Waals surface area contributed by atoms with Crippen molar-refractivity contribution in [2.75, 3.05) is 32.1 Å². The van der Waals surface area contributed by atoms with Crippen LogP contribution in [0.3, 0.4) is 0 Å². The molecule has 2 amide bonds. The largest absolute Gasteiger partial charge is 0.493 e. The first-order valence-corrected chi connectivity index (χ1v) is 16.5. The van der Waals surface area contributed by atoms with Gasteiger partial charge < -0.3 is 19.7 Å². The van der Waals surface area contributed by atoms with Crippen molar-refractivity contribution in [2.24, 2.45) is 0 Å². The highest BCUT2D eigenvalue weighted by atomic mass is 35.5. The number of ether oxygens (including phenoxy) is 2. The number of halogens is 2. The van der Waals surface area contributed by atoms with Crippen LogP contribution in [0.5, 0.6) is 11.5 Å². The summed E-state index contributed by atoms with van der Waals surface area (Å²) in [4.78, 5) is 29.2. The molecule has 0 unspecified atom stereocenters. The zero-order valence-electron chi connectivity index (χ0n) is 25.9. The van der Waals surface area contributed by atoms with E-state index in [0.717, 1.165) is 15.4 Å². The maximum absolute atomic E-state index is 14.5. The lowest BCUT2D eigenvalue weighted by Crippen LogP contribution is -2.53. The number of methoxy groups -OCH3 is 2. The van der Waals surface area contributed by atoms with Gasteiger partial charge in [0.25, 0.3) is 10.0 Å². The number of nitrogens with one attached hydrogen (secondary N) is 1. The number of amides is 2. The molecule has 0 fully saturated rings. The Bertz CT molecular complexity index is 1790. The number of sulfonamides is 1. The molecule has 0 radical (unpaired) electrons. The molecule has 4 aromatic rings. The van der Waals surface area contributed by atoms with E-state index in [2.05, 4.69) is 5.32 Å². The van der Waals surface area contributed by atoms with Crippen LogP contribution in [0.15, 0.2) is 95.9 Å². The van der Waals surface area contributed by atoms with Crippen LogP contribution in [0, 0.1) is 6.92 Å². The number of carbonyl (C=O) groups excluding carboxylic acids is 2. The van der Waals surface area contributed by atoms with Gasteiger partial charge in [-0.3, -0.25) is 13.9 Å². The monoisotopic (exact) mass is 683 g/mol. The molecular formula is C34H35Cl2N3O6S. The van der Waals surface area contributed by atoms with Crippen molar-refractivity contribution in [3.63, 3.8) is 0 Å². The fourth-order valence-corrected chi connectivity index (χ4v) is 6.77. The van der Waals surface area contributed by atoms with Gasteiger partial charge in [0.2, 0.25) is 11.8 Å². The van der Waals surface area contributed by atoms with Gasteiger partial charge in [0.1, 0.15) is 12.6 Å². The average molecular weight is 685 g/mol. The van der Waals surface area contributed by atoms with Gasteiger partial charge in [-0.15, -0.1) is 0 Å². The van der Waals surface area contributed by atoms with Crippen LogP contribution >= 0.6 is 23.2 Å². The maximum atomic E-state index is 14.5. The Labute approximate surface area is 279 Å². The second kappa shape index (κ2) is 15.4. The zero-order chi connectivity index (χ0) is 33.4. The van der Waals surface area contributed by atoms with Crippen molar-refractivity contribution in [1.82, 2.24) is 10.2 Å². The van der Waals surface area contributed by atoms with Crippen molar-refractivity contribution in [3.8, 4) is 11.5 Å². The second-order valence-corrected chi connectivity index (χ2v) is 13.1. The molecule has 12 heteroatoms. The fourth-order valence-electron chi connectivity index (χ4n) is 4.90. The Morgan fingerprint density at radius 1 is 0.870 bits per heavy atom. The van der Waals surface area contributed by atoms with Crippen molar-refractivity contribution in [2.45, 2.75) is 30.8 Å². The van der Waals surface area contributed by atoms with Gasteiger partial charge in [-0.2, -0.15) is 0 Å². The SMILES string of the molecule is CNC(=O)[C@H](Cc1ccccc1)N(Cc1ccc(Cl)cc1Cl)C(=O)CN(c1ccc(OC)c(OC)c1)S(=O)(=O)c1ccc(C)cc1. The number of nitrogens with zero attached hydrogens (tertiary/aromatic N) is 2. The van der Waals surface area contributed by atoms with E-state index in [1.807, 2.05) is 37.3 Å². The van der Waals surface area contributed by atoms with Crippen LogP contribution in [0.1, 0.15) is 16.7 Å². The van der Waals surface area contributed by atoms with Gasteiger partial charge >= 0.3 is 0 Å². The fraction of sp³-hybridized carbons (Fsp3) is 0.235. The molecule has 0 saturated carbocycles. The smallest absolute Gasteiger partial charge is 0.264 e. The molecule has 4 rings (SSSR count). The maximum Gasteiger partial charge on any atom is 0.264 e. The van der Waals surface area contributed by atoms with Crippen molar-refractivity contribution in [1.29, 1.82) is 0 Å². The lowest BCUT2D eigenvalue weighted by atomic mass is 10.0. The minimum Gasteiger partial charge on any atom is -0.493 e. The Morgan fingerprint density at radius 2 is 1.54 bits per heavy atom. The molecule has 0 bridgehead atoms. The number of carbonyl (C=O) groups is 2. The molecule has 4 aromatic carbocycles. The van der Waals surface area contributed by atoms with Crippen molar-refractivity contribution in [3.05, 3.63) is 118 Å². The molecule has 242 valence electrons. The summed E-state index contributed by atoms with van der Waals surface area (Å²) in [6, 6.07) is 24.0. The normalized spacial score (nSPS) is 11.8. The molecule has 0 aliphatic rings. The summed E-state index contributed by atoms with van der Waals surface area (Å²) >= 11 is 12.7. The molecule has 1 atom stereocenters. The van der Waals surface area contributed by atoms with Crippen molar-refractivity contribution < 1.29 is 27.5 Å². The molecule has 0 spiro atoms. The van der Waals surface area contributed by atoms with Gasteiger partial charge in [0.05, 0.1) is 24.8 Å². The van der Waals surface area contributed by atoms with E-state index in [-0.39, 0.29) is 29.3 Å². The molecule has 1 N–H and O–H groups in total. The summed E-state index contributed by atoms with van der Waals surface area (Å²) in [6.07, 6.45) is 0.165. The predicted octanol–water partition coefficient (Wildman–Crippen LogP) is 5.90. The molecule has 46 heavy (non-hydrogen) atoms.